The van der Waals surface area contributed by atoms with Crippen molar-refractivity contribution < 1.29 is 9.21 Å². The van der Waals surface area contributed by atoms with Crippen LogP contribution in [0.4, 0.5) is 5.82 Å². The molecule has 0 aliphatic heterocycles. The Kier molecular flexibility index (Phi) is 2.28. The highest BCUT2D eigenvalue weighted by Gasteiger charge is 2.13. The fraction of sp³-hybridized carbons (Fsp3) is 0.0833. The van der Waals surface area contributed by atoms with Crippen LogP contribution in [0.5, 0.6) is 0 Å². The number of aromatic nitrogens is 3. The van der Waals surface area contributed by atoms with Gasteiger partial charge >= 0.3 is 0 Å². The molecular weight excluding hydrogens is 246 g/mol. The first-order valence-electron chi connectivity index (χ1n) is 5.57. The lowest BCUT2D eigenvalue weighted by Gasteiger charge is -1.99. The number of hydrogen-bond donors (Lipinski definition) is 2. The summed E-state index contributed by atoms with van der Waals surface area (Å²) >= 11 is 0. The van der Waals surface area contributed by atoms with Gasteiger partial charge in [-0.15, -0.1) is 5.10 Å². The fourth-order valence-electron chi connectivity index (χ4n) is 1.81. The second-order valence-electron chi connectivity index (χ2n) is 4.15. The van der Waals surface area contributed by atoms with Crippen LogP contribution in [-0.2, 0) is 0 Å². The monoisotopic (exact) mass is 257 g/mol. The standard InChI is InChI=1S/C12H11N5O2/c1-6-2-3-8(19-6)12-15-10-5-7(11(14)18)4-9(13)17(10)16-12/h2-5H,13H2,1H3,(H2,14,18). The molecule has 96 valence electrons. The molecule has 19 heavy (non-hydrogen) atoms. The average Bonchev–Trinajstić information content (AvgIpc) is 2.94. The number of carbonyl (C=O) groups is 1. The molecule has 0 aliphatic carbocycles. The third-order valence-corrected chi connectivity index (χ3v) is 2.71. The van der Waals surface area contributed by atoms with Crippen LogP contribution in [0.15, 0.2) is 28.7 Å². The van der Waals surface area contributed by atoms with E-state index in [0.717, 1.165) is 5.76 Å². The van der Waals surface area contributed by atoms with Crippen molar-refractivity contribution in [3.63, 3.8) is 0 Å². The summed E-state index contributed by atoms with van der Waals surface area (Å²) in [4.78, 5) is 15.4. The number of rotatable bonds is 2. The van der Waals surface area contributed by atoms with Crippen molar-refractivity contribution in [2.45, 2.75) is 6.92 Å². The number of nitrogens with two attached hydrogens (primary N) is 2. The zero-order valence-corrected chi connectivity index (χ0v) is 10.1. The number of anilines is 1. The zero-order chi connectivity index (χ0) is 13.6. The van der Waals surface area contributed by atoms with Gasteiger partial charge in [0.2, 0.25) is 11.7 Å². The molecule has 0 unspecified atom stereocenters. The Morgan fingerprint density at radius 3 is 2.79 bits per heavy atom. The first kappa shape index (κ1) is 11.3. The number of fused-ring (bicyclic) bond motifs is 1. The van der Waals surface area contributed by atoms with Crippen molar-refractivity contribution in [2.24, 2.45) is 5.73 Å². The van der Waals surface area contributed by atoms with E-state index in [2.05, 4.69) is 10.1 Å². The summed E-state index contributed by atoms with van der Waals surface area (Å²) in [7, 11) is 0. The quantitative estimate of drug-likeness (QED) is 0.710. The number of furan rings is 1. The van der Waals surface area contributed by atoms with Crippen molar-refractivity contribution in [3.8, 4) is 11.6 Å². The van der Waals surface area contributed by atoms with E-state index in [9.17, 15) is 4.79 Å². The number of carbonyl (C=O) groups excluding carboxylic acids is 1. The van der Waals surface area contributed by atoms with Crippen LogP contribution in [0.2, 0.25) is 0 Å². The first-order valence-corrected chi connectivity index (χ1v) is 5.57. The van der Waals surface area contributed by atoms with Crippen LogP contribution < -0.4 is 11.5 Å². The molecular formula is C12H11N5O2. The van der Waals surface area contributed by atoms with E-state index in [1.54, 1.807) is 6.07 Å². The maximum absolute atomic E-state index is 11.2. The normalized spacial score (nSPS) is 11.0. The summed E-state index contributed by atoms with van der Waals surface area (Å²) in [6, 6.07) is 6.58. The molecule has 7 heteroatoms. The Morgan fingerprint density at radius 1 is 1.37 bits per heavy atom. The number of amides is 1. The number of primary amides is 1. The summed E-state index contributed by atoms with van der Waals surface area (Å²) in [6.45, 7) is 1.83. The van der Waals surface area contributed by atoms with Crippen LogP contribution in [0, 0.1) is 6.92 Å². The second kappa shape index (κ2) is 3.84. The Labute approximate surface area is 107 Å². The van der Waals surface area contributed by atoms with Gasteiger partial charge < -0.3 is 15.9 Å². The SMILES string of the molecule is Cc1ccc(-c2nc3cc(C(N)=O)cc(N)n3n2)o1. The lowest BCUT2D eigenvalue weighted by atomic mass is 10.2. The Bertz CT molecular complexity index is 787. The van der Waals surface area contributed by atoms with Gasteiger partial charge in [-0.3, -0.25) is 4.79 Å². The van der Waals surface area contributed by atoms with Crippen LogP contribution in [0.25, 0.3) is 17.2 Å². The number of aryl methyl sites for hydroxylation is 1. The van der Waals surface area contributed by atoms with Gasteiger partial charge in [0.25, 0.3) is 0 Å². The van der Waals surface area contributed by atoms with Crippen LogP contribution in [0.1, 0.15) is 16.1 Å². The molecule has 0 atom stereocenters. The molecule has 0 saturated heterocycles. The molecule has 0 saturated carbocycles. The van der Waals surface area contributed by atoms with Crippen molar-refractivity contribution >= 4 is 17.4 Å². The van der Waals surface area contributed by atoms with Gasteiger partial charge in [0.15, 0.2) is 11.4 Å². The minimum atomic E-state index is -0.562. The molecule has 0 aliphatic rings. The molecule has 0 fully saturated rings. The summed E-state index contributed by atoms with van der Waals surface area (Å²) in [5, 5.41) is 4.23. The minimum absolute atomic E-state index is 0.285. The predicted molar refractivity (Wildman–Crippen MR) is 68.4 cm³/mol. The summed E-state index contributed by atoms with van der Waals surface area (Å²) in [5.74, 6) is 1.43. The molecule has 0 spiro atoms. The third-order valence-electron chi connectivity index (χ3n) is 2.71. The number of hydrogen-bond acceptors (Lipinski definition) is 5. The fourth-order valence-corrected chi connectivity index (χ4v) is 1.81. The van der Waals surface area contributed by atoms with Gasteiger partial charge in [-0.05, 0) is 31.2 Å². The largest absolute Gasteiger partial charge is 0.458 e. The molecule has 7 nitrogen and oxygen atoms in total. The summed E-state index contributed by atoms with van der Waals surface area (Å²) in [5.41, 5.74) is 11.8. The van der Waals surface area contributed by atoms with Gasteiger partial charge in [0.1, 0.15) is 11.6 Å². The molecule has 3 aromatic heterocycles. The number of nitrogens with zero attached hydrogens (tertiary/aromatic N) is 3. The van der Waals surface area contributed by atoms with Gasteiger partial charge in [-0.25, -0.2) is 4.98 Å². The highest BCUT2D eigenvalue weighted by atomic mass is 16.3. The molecule has 0 aromatic carbocycles. The highest BCUT2D eigenvalue weighted by molar-refractivity contribution is 5.94. The van der Waals surface area contributed by atoms with Crippen molar-refractivity contribution in [1.82, 2.24) is 14.6 Å². The van der Waals surface area contributed by atoms with Gasteiger partial charge in [0.05, 0.1) is 0 Å². The van der Waals surface area contributed by atoms with Crippen molar-refractivity contribution in [1.29, 1.82) is 0 Å². The van der Waals surface area contributed by atoms with E-state index in [0.29, 0.717) is 22.8 Å². The van der Waals surface area contributed by atoms with E-state index >= 15 is 0 Å². The summed E-state index contributed by atoms with van der Waals surface area (Å²) in [6.07, 6.45) is 0. The van der Waals surface area contributed by atoms with Crippen molar-refractivity contribution in [2.75, 3.05) is 5.73 Å². The Hall–Kier alpha value is -2.83. The topological polar surface area (TPSA) is 112 Å². The molecule has 0 bridgehead atoms. The van der Waals surface area contributed by atoms with E-state index < -0.39 is 5.91 Å². The van der Waals surface area contributed by atoms with Gasteiger partial charge in [0, 0.05) is 5.56 Å². The smallest absolute Gasteiger partial charge is 0.248 e. The van der Waals surface area contributed by atoms with E-state index in [1.165, 1.54) is 16.6 Å². The molecule has 4 N–H and O–H groups in total. The molecule has 0 radical (unpaired) electrons. The lowest BCUT2D eigenvalue weighted by molar-refractivity contribution is 0.100. The van der Waals surface area contributed by atoms with E-state index in [1.807, 2.05) is 13.0 Å². The van der Waals surface area contributed by atoms with Crippen molar-refractivity contribution in [3.05, 3.63) is 35.6 Å². The predicted octanol–water partition coefficient (Wildman–Crippen LogP) is 0.979. The van der Waals surface area contributed by atoms with E-state index in [-0.39, 0.29) is 5.82 Å². The molecule has 3 rings (SSSR count). The van der Waals surface area contributed by atoms with Crippen LogP contribution in [-0.4, -0.2) is 20.5 Å². The maximum atomic E-state index is 11.2. The molecule has 3 aromatic rings. The number of pyridine rings is 1. The maximum Gasteiger partial charge on any atom is 0.248 e. The highest BCUT2D eigenvalue weighted by Crippen LogP contribution is 2.21. The minimum Gasteiger partial charge on any atom is -0.458 e. The van der Waals surface area contributed by atoms with Gasteiger partial charge in [-0.2, -0.15) is 4.52 Å². The van der Waals surface area contributed by atoms with Crippen LogP contribution in [0.3, 0.4) is 0 Å². The Balaban J connectivity index is 2.20. The molecule has 1 amide bonds. The Morgan fingerprint density at radius 2 is 2.16 bits per heavy atom. The average molecular weight is 257 g/mol. The van der Waals surface area contributed by atoms with E-state index in [4.69, 9.17) is 15.9 Å². The summed E-state index contributed by atoms with van der Waals surface area (Å²) < 4.78 is 6.88. The lowest BCUT2D eigenvalue weighted by Crippen LogP contribution is -2.12. The third kappa shape index (κ3) is 1.81. The van der Waals surface area contributed by atoms with Gasteiger partial charge in [-0.1, -0.05) is 0 Å². The molecule has 3 heterocycles. The number of nitrogen functional groups attached to an aromatic ring is 1. The second-order valence-corrected chi connectivity index (χ2v) is 4.15. The first-order chi connectivity index (χ1) is 9.04. The zero-order valence-electron chi connectivity index (χ0n) is 10.1. The van der Waals surface area contributed by atoms with Crippen LogP contribution >= 0.6 is 0 Å².